The largest absolute Gasteiger partial charge is 0.478 e. The number of nitrogens with zero attached hydrogens (tertiary/aromatic N) is 1. The molecule has 0 fully saturated rings. The number of hydrogen-bond donors (Lipinski definition) is 2. The molecule has 21 heavy (non-hydrogen) atoms. The minimum Gasteiger partial charge on any atom is -0.478 e. The van der Waals surface area contributed by atoms with Gasteiger partial charge >= 0.3 is 5.97 Å². The third kappa shape index (κ3) is 5.84. The Labute approximate surface area is 129 Å². The van der Waals surface area contributed by atoms with Crippen LogP contribution in [0.25, 0.3) is 6.08 Å². The molecule has 6 nitrogen and oxygen atoms in total. The van der Waals surface area contributed by atoms with Gasteiger partial charge in [0.25, 0.3) is 0 Å². The smallest absolute Gasteiger partial charge is 0.328 e. The standard InChI is InChI=1S/C13H17ClN2O4S/c1-16(2)8-7-15-21(19,20)12-5-3-10(9-11(12)14)4-6-13(17)18/h3-6,9,15H,7-8H2,1-2H3,(H,17,18). The summed E-state index contributed by atoms with van der Waals surface area (Å²) in [5, 5.41) is 8.58. The van der Waals surface area contributed by atoms with E-state index in [0.29, 0.717) is 12.1 Å². The number of hydrogen-bond acceptors (Lipinski definition) is 4. The molecule has 1 aromatic carbocycles. The van der Waals surface area contributed by atoms with Crippen LogP contribution in [-0.4, -0.2) is 51.6 Å². The quantitative estimate of drug-likeness (QED) is 0.734. The molecule has 8 heteroatoms. The fourth-order valence-electron chi connectivity index (χ4n) is 1.49. The molecule has 0 radical (unpaired) electrons. The number of aliphatic carboxylic acids is 1. The van der Waals surface area contributed by atoms with Gasteiger partial charge in [-0.15, -0.1) is 0 Å². The Balaban J connectivity index is 2.91. The minimum atomic E-state index is -3.68. The molecule has 0 atom stereocenters. The highest BCUT2D eigenvalue weighted by Crippen LogP contribution is 2.23. The van der Waals surface area contributed by atoms with Gasteiger partial charge in [-0.2, -0.15) is 0 Å². The van der Waals surface area contributed by atoms with E-state index in [0.717, 1.165) is 6.08 Å². The Morgan fingerprint density at radius 1 is 1.43 bits per heavy atom. The van der Waals surface area contributed by atoms with Gasteiger partial charge in [0, 0.05) is 19.2 Å². The summed E-state index contributed by atoms with van der Waals surface area (Å²) in [5.74, 6) is -1.09. The second-order valence-electron chi connectivity index (χ2n) is 4.56. The van der Waals surface area contributed by atoms with Gasteiger partial charge in [-0.05, 0) is 37.9 Å². The van der Waals surface area contributed by atoms with Crippen LogP contribution in [-0.2, 0) is 14.8 Å². The molecule has 0 aromatic heterocycles. The highest BCUT2D eigenvalue weighted by atomic mass is 35.5. The molecular weight excluding hydrogens is 316 g/mol. The molecule has 0 unspecified atom stereocenters. The first kappa shape index (κ1) is 17.6. The fraction of sp³-hybridized carbons (Fsp3) is 0.308. The lowest BCUT2D eigenvalue weighted by molar-refractivity contribution is -0.131. The van der Waals surface area contributed by atoms with Crippen molar-refractivity contribution in [2.75, 3.05) is 27.2 Å². The summed E-state index contributed by atoms with van der Waals surface area (Å²) < 4.78 is 26.6. The summed E-state index contributed by atoms with van der Waals surface area (Å²) in [4.78, 5) is 12.2. The summed E-state index contributed by atoms with van der Waals surface area (Å²) in [7, 11) is -0.00737. The number of rotatable bonds is 7. The van der Waals surface area contributed by atoms with Crippen molar-refractivity contribution in [1.29, 1.82) is 0 Å². The number of sulfonamides is 1. The van der Waals surface area contributed by atoms with Gasteiger partial charge in [0.15, 0.2) is 0 Å². The highest BCUT2D eigenvalue weighted by Gasteiger charge is 2.17. The van der Waals surface area contributed by atoms with E-state index in [9.17, 15) is 13.2 Å². The molecule has 2 N–H and O–H groups in total. The Bertz CT molecular complexity index is 642. The molecule has 0 aliphatic heterocycles. The average molecular weight is 333 g/mol. The zero-order chi connectivity index (χ0) is 16.0. The van der Waals surface area contributed by atoms with Crippen molar-refractivity contribution in [3.05, 3.63) is 34.9 Å². The Morgan fingerprint density at radius 2 is 2.10 bits per heavy atom. The number of likely N-dealkylation sites (N-methyl/N-ethyl adjacent to an activating group) is 1. The van der Waals surface area contributed by atoms with E-state index in [1.54, 1.807) is 0 Å². The van der Waals surface area contributed by atoms with Crippen LogP contribution in [0, 0.1) is 0 Å². The first-order chi connectivity index (χ1) is 9.72. The van der Waals surface area contributed by atoms with Crippen LogP contribution in [0.5, 0.6) is 0 Å². The second kappa shape index (κ2) is 7.56. The van der Waals surface area contributed by atoms with Crippen LogP contribution < -0.4 is 4.72 Å². The van der Waals surface area contributed by atoms with Crippen molar-refractivity contribution in [3.63, 3.8) is 0 Å². The van der Waals surface area contributed by atoms with Crippen molar-refractivity contribution < 1.29 is 18.3 Å². The second-order valence-corrected chi connectivity index (χ2v) is 6.71. The predicted octanol–water partition coefficient (Wildman–Crippen LogP) is 1.28. The third-order valence-corrected chi connectivity index (χ3v) is 4.46. The molecule has 0 aliphatic rings. The van der Waals surface area contributed by atoms with Crippen molar-refractivity contribution in [1.82, 2.24) is 9.62 Å². The van der Waals surface area contributed by atoms with Crippen molar-refractivity contribution in [2.45, 2.75) is 4.90 Å². The van der Waals surface area contributed by atoms with E-state index in [4.69, 9.17) is 16.7 Å². The van der Waals surface area contributed by atoms with E-state index in [2.05, 4.69) is 4.72 Å². The van der Waals surface area contributed by atoms with Crippen molar-refractivity contribution in [2.24, 2.45) is 0 Å². The third-order valence-electron chi connectivity index (χ3n) is 2.51. The lowest BCUT2D eigenvalue weighted by atomic mass is 10.2. The van der Waals surface area contributed by atoms with Crippen LogP contribution in [0.1, 0.15) is 5.56 Å². The van der Waals surface area contributed by atoms with E-state index < -0.39 is 16.0 Å². The maximum atomic E-state index is 12.1. The van der Waals surface area contributed by atoms with Gasteiger partial charge < -0.3 is 10.0 Å². The number of carbonyl (C=O) groups is 1. The van der Waals surface area contributed by atoms with Crippen LogP contribution in [0.4, 0.5) is 0 Å². The van der Waals surface area contributed by atoms with Crippen LogP contribution in [0.2, 0.25) is 5.02 Å². The predicted molar refractivity (Wildman–Crippen MR) is 81.9 cm³/mol. The molecule has 116 valence electrons. The van der Waals surface area contributed by atoms with E-state index in [-0.39, 0.29) is 16.5 Å². The summed E-state index contributed by atoms with van der Waals surface area (Å²) in [6, 6.07) is 4.25. The van der Waals surface area contributed by atoms with Gasteiger partial charge in [-0.1, -0.05) is 17.7 Å². The molecule has 0 bridgehead atoms. The van der Waals surface area contributed by atoms with Gasteiger partial charge in [0.1, 0.15) is 4.90 Å². The highest BCUT2D eigenvalue weighted by molar-refractivity contribution is 7.89. The Morgan fingerprint density at radius 3 is 2.62 bits per heavy atom. The monoisotopic (exact) mass is 332 g/mol. The number of halogens is 1. The topological polar surface area (TPSA) is 86.7 Å². The molecular formula is C13H17ClN2O4S. The number of carboxylic acids is 1. The van der Waals surface area contributed by atoms with Crippen LogP contribution in [0.3, 0.4) is 0 Å². The fourth-order valence-corrected chi connectivity index (χ4v) is 3.06. The van der Waals surface area contributed by atoms with Crippen molar-refractivity contribution >= 4 is 33.7 Å². The molecule has 0 amide bonds. The number of benzene rings is 1. The first-order valence-electron chi connectivity index (χ1n) is 6.07. The Hall–Kier alpha value is -1.41. The maximum Gasteiger partial charge on any atom is 0.328 e. The summed E-state index contributed by atoms with van der Waals surface area (Å²) in [5.41, 5.74) is 0.509. The van der Waals surface area contributed by atoms with E-state index in [1.807, 2.05) is 19.0 Å². The zero-order valence-electron chi connectivity index (χ0n) is 11.7. The van der Waals surface area contributed by atoms with Crippen LogP contribution in [0.15, 0.2) is 29.2 Å². The molecule has 1 aromatic rings. The first-order valence-corrected chi connectivity index (χ1v) is 7.93. The summed E-state index contributed by atoms with van der Waals surface area (Å²) in [6.07, 6.45) is 2.29. The number of carboxylic acid groups (broad SMARTS) is 1. The maximum absolute atomic E-state index is 12.1. The van der Waals surface area contributed by atoms with Gasteiger partial charge in [-0.25, -0.2) is 17.9 Å². The molecule has 0 spiro atoms. The molecule has 0 saturated carbocycles. The molecule has 0 aliphatic carbocycles. The normalized spacial score (nSPS) is 12.2. The lowest BCUT2D eigenvalue weighted by Gasteiger charge is -2.12. The SMILES string of the molecule is CN(C)CCNS(=O)(=O)c1ccc(C=CC(=O)O)cc1Cl. The molecule has 1 rings (SSSR count). The van der Waals surface area contributed by atoms with Crippen molar-refractivity contribution in [3.8, 4) is 0 Å². The molecule has 0 heterocycles. The Kier molecular flexibility index (Phi) is 6.35. The van der Waals surface area contributed by atoms with E-state index in [1.165, 1.54) is 24.3 Å². The number of nitrogens with one attached hydrogen (secondary N) is 1. The van der Waals surface area contributed by atoms with E-state index >= 15 is 0 Å². The van der Waals surface area contributed by atoms with Gasteiger partial charge in [-0.3, -0.25) is 0 Å². The van der Waals surface area contributed by atoms with Gasteiger partial charge in [0.2, 0.25) is 10.0 Å². The minimum absolute atomic E-state index is 0.0320. The van der Waals surface area contributed by atoms with Gasteiger partial charge in [0.05, 0.1) is 5.02 Å². The lowest BCUT2D eigenvalue weighted by Crippen LogP contribution is -2.31. The zero-order valence-corrected chi connectivity index (χ0v) is 13.3. The molecule has 0 saturated heterocycles. The summed E-state index contributed by atoms with van der Waals surface area (Å²) in [6.45, 7) is 0.836. The average Bonchev–Trinajstić information content (AvgIpc) is 2.35. The van der Waals surface area contributed by atoms with Crippen LogP contribution >= 0.6 is 11.6 Å². The summed E-state index contributed by atoms with van der Waals surface area (Å²) >= 11 is 5.96.